The first-order valence-electron chi connectivity index (χ1n) is 12.6. The predicted octanol–water partition coefficient (Wildman–Crippen LogP) is 3.81. The number of phenolic OH excluding ortho intramolecular Hbond substituents is 4. The molecule has 10 heteroatoms. The van der Waals surface area contributed by atoms with Crippen molar-refractivity contribution in [2.24, 2.45) is 0 Å². The van der Waals surface area contributed by atoms with Gasteiger partial charge in [0.2, 0.25) is 0 Å². The Kier molecular flexibility index (Phi) is 4.30. The number of rotatable bonds is 2. The lowest BCUT2D eigenvalue weighted by Gasteiger charge is -2.59. The van der Waals surface area contributed by atoms with Gasteiger partial charge in [-0.1, -0.05) is 24.3 Å². The molecule has 0 saturated heterocycles. The van der Waals surface area contributed by atoms with Gasteiger partial charge in [0.25, 0.3) is 11.6 Å². The van der Waals surface area contributed by atoms with Crippen LogP contribution < -0.4 is 18.9 Å². The van der Waals surface area contributed by atoms with E-state index in [1.54, 1.807) is 24.3 Å². The molecule has 4 aromatic rings. The summed E-state index contributed by atoms with van der Waals surface area (Å²) < 4.78 is 25.1. The highest BCUT2D eigenvalue weighted by molar-refractivity contribution is 5.65. The molecule has 6 N–H and O–H groups in total. The Balaban J connectivity index is 1.43. The first kappa shape index (κ1) is 23.1. The van der Waals surface area contributed by atoms with Crippen LogP contribution in [0.4, 0.5) is 0 Å². The molecule has 0 fully saturated rings. The zero-order valence-corrected chi connectivity index (χ0v) is 20.6. The minimum Gasteiger partial charge on any atom is -0.508 e. The molecule has 4 heterocycles. The average Bonchev–Trinajstić information content (AvgIpc) is 2.90. The molecule has 0 unspecified atom stereocenters. The number of aliphatic hydroxyl groups is 2. The fraction of sp³-hybridized carbons (Fsp3) is 0.200. The molecule has 0 saturated carbocycles. The first-order valence-corrected chi connectivity index (χ1v) is 12.6. The average molecular weight is 542 g/mol. The number of benzene rings is 4. The number of hydrogen-bond donors (Lipinski definition) is 6. The maximum absolute atomic E-state index is 12.5. The van der Waals surface area contributed by atoms with Crippen molar-refractivity contribution in [3.8, 4) is 46.0 Å². The number of hydrogen-bond acceptors (Lipinski definition) is 10. The second-order valence-corrected chi connectivity index (χ2v) is 10.6. The normalized spacial score (nSPS) is 30.1. The third kappa shape index (κ3) is 2.89. The molecule has 0 aromatic heterocycles. The summed E-state index contributed by atoms with van der Waals surface area (Å²) in [6.07, 6.45) is -2.37. The van der Waals surface area contributed by atoms with Crippen molar-refractivity contribution in [1.29, 1.82) is 0 Å². The van der Waals surface area contributed by atoms with Crippen LogP contribution in [0, 0.1) is 0 Å². The van der Waals surface area contributed by atoms with Gasteiger partial charge in [-0.15, -0.1) is 0 Å². The molecule has 0 radical (unpaired) electrons. The van der Waals surface area contributed by atoms with E-state index >= 15 is 0 Å². The molecule has 202 valence electrons. The van der Waals surface area contributed by atoms with E-state index in [2.05, 4.69) is 0 Å². The van der Waals surface area contributed by atoms with Crippen molar-refractivity contribution in [1.82, 2.24) is 0 Å². The molecule has 4 aliphatic heterocycles. The summed E-state index contributed by atoms with van der Waals surface area (Å²) in [5.41, 5.74) is 1.69. The topological polar surface area (TPSA) is 158 Å². The van der Waals surface area contributed by atoms with Crippen LogP contribution in [0.25, 0.3) is 0 Å². The highest BCUT2D eigenvalue weighted by Gasteiger charge is 2.71. The first-order chi connectivity index (χ1) is 19.2. The Bertz CT molecular complexity index is 1570. The lowest BCUT2D eigenvalue weighted by molar-refractivity contribution is -0.296. The standard InChI is InChI=1S/C30H22O10/c31-15-5-1-13(2-6-15)27-29(35)25-23-19(37-27)9-17(33)12-22(23)40-30(36)26(25)24-20(10-18(34)11-21(24)39-29)38-28(30)14-3-7-16(32)8-4-14/h1-12,25-28,31-36H/t25-,26-,27+,28+,29-,30-/m0/s1. The maximum Gasteiger partial charge on any atom is 0.257 e. The van der Waals surface area contributed by atoms with Gasteiger partial charge < -0.3 is 49.6 Å². The zero-order chi connectivity index (χ0) is 27.6. The number of aromatic hydroxyl groups is 4. The van der Waals surface area contributed by atoms with Gasteiger partial charge in [0, 0.05) is 35.4 Å². The van der Waals surface area contributed by atoms with Crippen LogP contribution in [-0.2, 0) is 0 Å². The molecule has 0 amide bonds. The van der Waals surface area contributed by atoms with Crippen molar-refractivity contribution in [2.45, 2.75) is 35.6 Å². The molecule has 0 bridgehead atoms. The lowest BCUT2D eigenvalue weighted by Crippen LogP contribution is -2.65. The van der Waals surface area contributed by atoms with E-state index < -0.39 is 35.6 Å². The fourth-order valence-corrected chi connectivity index (χ4v) is 6.62. The Morgan fingerprint density at radius 1 is 0.475 bits per heavy atom. The molecule has 4 aliphatic rings. The largest absolute Gasteiger partial charge is 0.508 e. The van der Waals surface area contributed by atoms with Crippen molar-refractivity contribution in [3.63, 3.8) is 0 Å². The Morgan fingerprint density at radius 3 is 1.20 bits per heavy atom. The molecule has 0 spiro atoms. The van der Waals surface area contributed by atoms with Gasteiger partial charge in [-0.05, 0) is 35.4 Å². The van der Waals surface area contributed by atoms with Gasteiger partial charge in [0.1, 0.15) is 46.0 Å². The van der Waals surface area contributed by atoms with E-state index in [1.807, 2.05) is 0 Å². The van der Waals surface area contributed by atoms with Crippen molar-refractivity contribution in [3.05, 3.63) is 95.1 Å². The van der Waals surface area contributed by atoms with E-state index in [0.29, 0.717) is 22.3 Å². The van der Waals surface area contributed by atoms with Crippen LogP contribution in [0.3, 0.4) is 0 Å². The molecule has 0 aliphatic carbocycles. The van der Waals surface area contributed by atoms with Gasteiger partial charge in [0.15, 0.2) is 12.2 Å². The molecule has 40 heavy (non-hydrogen) atoms. The summed E-state index contributed by atoms with van der Waals surface area (Å²) in [6.45, 7) is 0. The highest BCUT2D eigenvalue weighted by atomic mass is 16.7. The molecule has 8 rings (SSSR count). The van der Waals surface area contributed by atoms with Gasteiger partial charge in [0.05, 0.1) is 11.8 Å². The van der Waals surface area contributed by atoms with Crippen molar-refractivity contribution in [2.75, 3.05) is 0 Å². The molecule has 10 nitrogen and oxygen atoms in total. The second kappa shape index (κ2) is 7.44. The van der Waals surface area contributed by atoms with E-state index in [1.165, 1.54) is 48.5 Å². The highest BCUT2D eigenvalue weighted by Crippen LogP contribution is 2.70. The summed E-state index contributed by atoms with van der Waals surface area (Å²) in [4.78, 5) is 0. The second-order valence-electron chi connectivity index (χ2n) is 10.6. The van der Waals surface area contributed by atoms with Crippen LogP contribution in [0.1, 0.15) is 46.3 Å². The summed E-state index contributed by atoms with van der Waals surface area (Å²) in [5, 5.41) is 65.9. The van der Waals surface area contributed by atoms with E-state index in [-0.39, 0.29) is 46.0 Å². The third-order valence-corrected chi connectivity index (χ3v) is 8.20. The summed E-state index contributed by atoms with van der Waals surface area (Å²) >= 11 is 0. The minimum atomic E-state index is -2.15. The smallest absolute Gasteiger partial charge is 0.257 e. The Morgan fingerprint density at radius 2 is 0.825 bits per heavy atom. The SMILES string of the molecule is Oc1ccc([C@H]2Oc3cc(O)cc4c3[C@H]3[C@@H]5c6c(cc(O)cc6O[C@]23O)O[C@H](c2ccc(O)cc2)[C@@]5(O)O4)cc1. The third-order valence-electron chi connectivity index (χ3n) is 8.20. The van der Waals surface area contributed by atoms with Gasteiger partial charge >= 0.3 is 0 Å². The fourth-order valence-electron chi connectivity index (χ4n) is 6.62. The number of ether oxygens (including phenoxy) is 4. The minimum absolute atomic E-state index is 0.0120. The quantitative estimate of drug-likeness (QED) is 0.220. The van der Waals surface area contributed by atoms with E-state index in [0.717, 1.165) is 0 Å². The molecular formula is C30H22O10. The van der Waals surface area contributed by atoms with Gasteiger partial charge in [-0.25, -0.2) is 0 Å². The van der Waals surface area contributed by atoms with Crippen molar-refractivity contribution < 1.29 is 49.6 Å². The van der Waals surface area contributed by atoms with E-state index in [9.17, 15) is 30.6 Å². The summed E-state index contributed by atoms with van der Waals surface area (Å²) in [5.74, 6) is -6.04. The molecule has 4 aromatic carbocycles. The van der Waals surface area contributed by atoms with Gasteiger partial charge in [-0.2, -0.15) is 0 Å². The number of phenols is 4. The van der Waals surface area contributed by atoms with Crippen LogP contribution in [0.5, 0.6) is 46.0 Å². The van der Waals surface area contributed by atoms with Crippen LogP contribution in [0.2, 0.25) is 0 Å². The lowest BCUT2D eigenvalue weighted by atomic mass is 9.62. The van der Waals surface area contributed by atoms with Crippen LogP contribution >= 0.6 is 0 Å². The molecular weight excluding hydrogens is 520 g/mol. The van der Waals surface area contributed by atoms with Crippen LogP contribution in [-0.4, -0.2) is 42.2 Å². The van der Waals surface area contributed by atoms with E-state index in [4.69, 9.17) is 18.9 Å². The zero-order valence-electron chi connectivity index (χ0n) is 20.6. The van der Waals surface area contributed by atoms with Crippen molar-refractivity contribution >= 4 is 0 Å². The monoisotopic (exact) mass is 542 g/mol. The van der Waals surface area contributed by atoms with Gasteiger partial charge in [-0.3, -0.25) is 0 Å². The summed E-state index contributed by atoms with van der Waals surface area (Å²) in [6, 6.07) is 17.6. The Hall–Kier alpha value is -4.80. The summed E-state index contributed by atoms with van der Waals surface area (Å²) in [7, 11) is 0. The predicted molar refractivity (Wildman–Crippen MR) is 136 cm³/mol. The Labute approximate surface area is 226 Å². The maximum atomic E-state index is 12.5. The molecule has 6 atom stereocenters. The van der Waals surface area contributed by atoms with Crippen LogP contribution in [0.15, 0.2) is 72.8 Å².